The van der Waals surface area contributed by atoms with Crippen molar-refractivity contribution >= 4 is 23.3 Å². The smallest absolute Gasteiger partial charge is 0.319 e. The molecule has 6 nitrogen and oxygen atoms in total. The van der Waals surface area contributed by atoms with Crippen LogP contribution in [0.25, 0.3) is 0 Å². The Morgan fingerprint density at radius 3 is 2.45 bits per heavy atom. The SMILES string of the molecule is CCN(CC)CCNC(=O)Nc1ccc(F)c(NC(C)=O)c1. The normalized spacial score (nSPS) is 10.4. The van der Waals surface area contributed by atoms with Crippen molar-refractivity contribution in [1.29, 1.82) is 0 Å². The maximum absolute atomic E-state index is 13.5. The van der Waals surface area contributed by atoms with Crippen LogP contribution < -0.4 is 16.0 Å². The number of nitrogens with zero attached hydrogens (tertiary/aromatic N) is 1. The first-order valence-corrected chi connectivity index (χ1v) is 7.30. The van der Waals surface area contributed by atoms with Gasteiger partial charge in [-0.2, -0.15) is 0 Å². The van der Waals surface area contributed by atoms with Gasteiger partial charge in [0, 0.05) is 25.7 Å². The third-order valence-corrected chi connectivity index (χ3v) is 3.14. The molecule has 1 aromatic rings. The van der Waals surface area contributed by atoms with Crippen LogP contribution in [0.5, 0.6) is 0 Å². The number of benzene rings is 1. The maximum atomic E-state index is 13.5. The second-order valence-corrected chi connectivity index (χ2v) is 4.78. The molecule has 22 heavy (non-hydrogen) atoms. The Morgan fingerprint density at radius 1 is 1.18 bits per heavy atom. The van der Waals surface area contributed by atoms with Crippen LogP contribution in [0.1, 0.15) is 20.8 Å². The highest BCUT2D eigenvalue weighted by molar-refractivity contribution is 5.92. The van der Waals surface area contributed by atoms with E-state index in [1.165, 1.54) is 25.1 Å². The number of amides is 3. The van der Waals surface area contributed by atoms with E-state index < -0.39 is 5.82 Å². The molecule has 0 aliphatic heterocycles. The van der Waals surface area contributed by atoms with Gasteiger partial charge in [0.2, 0.25) is 5.91 Å². The highest BCUT2D eigenvalue weighted by Gasteiger charge is 2.08. The molecule has 1 aromatic carbocycles. The van der Waals surface area contributed by atoms with Gasteiger partial charge in [0.15, 0.2) is 0 Å². The largest absolute Gasteiger partial charge is 0.337 e. The quantitative estimate of drug-likeness (QED) is 0.723. The van der Waals surface area contributed by atoms with Gasteiger partial charge >= 0.3 is 6.03 Å². The molecule has 0 bridgehead atoms. The van der Waals surface area contributed by atoms with Crippen molar-refractivity contribution in [2.75, 3.05) is 36.8 Å². The Hall–Kier alpha value is -2.15. The molecule has 0 radical (unpaired) electrons. The van der Waals surface area contributed by atoms with Gasteiger partial charge < -0.3 is 20.9 Å². The summed E-state index contributed by atoms with van der Waals surface area (Å²) < 4.78 is 13.5. The van der Waals surface area contributed by atoms with Gasteiger partial charge in [-0.15, -0.1) is 0 Å². The zero-order chi connectivity index (χ0) is 16.5. The van der Waals surface area contributed by atoms with Gasteiger partial charge in [-0.05, 0) is 31.3 Å². The first-order valence-electron chi connectivity index (χ1n) is 7.30. The minimum Gasteiger partial charge on any atom is -0.337 e. The van der Waals surface area contributed by atoms with E-state index in [4.69, 9.17) is 0 Å². The number of halogens is 1. The lowest BCUT2D eigenvalue weighted by Gasteiger charge is -2.18. The van der Waals surface area contributed by atoms with Gasteiger partial charge in [0.25, 0.3) is 0 Å². The van der Waals surface area contributed by atoms with Crippen LogP contribution >= 0.6 is 0 Å². The highest BCUT2D eigenvalue weighted by Crippen LogP contribution is 2.19. The van der Waals surface area contributed by atoms with Crippen molar-refractivity contribution < 1.29 is 14.0 Å². The fraction of sp³-hybridized carbons (Fsp3) is 0.467. The Balaban J connectivity index is 2.52. The van der Waals surface area contributed by atoms with E-state index in [1.807, 2.05) is 0 Å². The number of anilines is 2. The molecule has 3 amide bonds. The molecule has 0 aromatic heterocycles. The van der Waals surface area contributed by atoms with Crippen LogP contribution in [-0.2, 0) is 4.79 Å². The second-order valence-electron chi connectivity index (χ2n) is 4.78. The van der Waals surface area contributed by atoms with Crippen LogP contribution in [0.2, 0.25) is 0 Å². The van der Waals surface area contributed by atoms with Crippen molar-refractivity contribution in [2.24, 2.45) is 0 Å². The zero-order valence-electron chi connectivity index (χ0n) is 13.2. The average Bonchev–Trinajstić information content (AvgIpc) is 2.46. The monoisotopic (exact) mass is 310 g/mol. The summed E-state index contributed by atoms with van der Waals surface area (Å²) in [6.07, 6.45) is 0. The minimum atomic E-state index is -0.553. The summed E-state index contributed by atoms with van der Waals surface area (Å²) >= 11 is 0. The summed E-state index contributed by atoms with van der Waals surface area (Å²) in [5.74, 6) is -0.928. The van der Waals surface area contributed by atoms with Crippen molar-refractivity contribution in [3.63, 3.8) is 0 Å². The molecule has 0 atom stereocenters. The van der Waals surface area contributed by atoms with Gasteiger partial charge in [-0.3, -0.25) is 4.79 Å². The first-order chi connectivity index (χ1) is 10.5. The maximum Gasteiger partial charge on any atom is 0.319 e. The highest BCUT2D eigenvalue weighted by atomic mass is 19.1. The van der Waals surface area contributed by atoms with E-state index in [9.17, 15) is 14.0 Å². The molecule has 0 heterocycles. The molecule has 0 saturated carbocycles. The zero-order valence-corrected chi connectivity index (χ0v) is 13.2. The Kier molecular flexibility index (Phi) is 7.31. The third kappa shape index (κ3) is 6.09. The number of hydrogen-bond acceptors (Lipinski definition) is 3. The fourth-order valence-electron chi connectivity index (χ4n) is 1.93. The molecule has 0 spiro atoms. The number of carbonyl (C=O) groups excluding carboxylic acids is 2. The van der Waals surface area contributed by atoms with Crippen LogP contribution in [0.3, 0.4) is 0 Å². The van der Waals surface area contributed by atoms with Crippen LogP contribution in [0, 0.1) is 5.82 Å². The van der Waals surface area contributed by atoms with Gasteiger partial charge in [-0.1, -0.05) is 13.8 Å². The topological polar surface area (TPSA) is 73.5 Å². The average molecular weight is 310 g/mol. The van der Waals surface area contributed by atoms with Crippen molar-refractivity contribution in [3.05, 3.63) is 24.0 Å². The number of hydrogen-bond donors (Lipinski definition) is 3. The second kappa shape index (κ2) is 8.99. The predicted octanol–water partition coefficient (Wildman–Crippen LogP) is 2.25. The Bertz CT molecular complexity index is 518. The van der Waals surface area contributed by atoms with E-state index >= 15 is 0 Å². The van der Waals surface area contributed by atoms with Gasteiger partial charge in [-0.25, -0.2) is 9.18 Å². The lowest BCUT2D eigenvalue weighted by molar-refractivity contribution is -0.114. The van der Waals surface area contributed by atoms with Crippen molar-refractivity contribution in [3.8, 4) is 0 Å². The minimum absolute atomic E-state index is 0.0356. The van der Waals surface area contributed by atoms with Gasteiger partial charge in [0.05, 0.1) is 5.69 Å². The summed E-state index contributed by atoms with van der Waals surface area (Å²) in [5.41, 5.74) is 0.443. The predicted molar refractivity (Wildman–Crippen MR) is 85.5 cm³/mol. The number of urea groups is 1. The van der Waals surface area contributed by atoms with Crippen LogP contribution in [-0.4, -0.2) is 43.0 Å². The molecule has 0 aliphatic carbocycles. The van der Waals surface area contributed by atoms with E-state index in [0.717, 1.165) is 19.6 Å². The van der Waals surface area contributed by atoms with E-state index in [2.05, 4.69) is 34.7 Å². The van der Waals surface area contributed by atoms with E-state index in [1.54, 1.807) is 0 Å². The summed E-state index contributed by atoms with van der Waals surface area (Å²) in [4.78, 5) is 24.9. The van der Waals surface area contributed by atoms with Gasteiger partial charge in [0.1, 0.15) is 5.82 Å². The van der Waals surface area contributed by atoms with E-state index in [0.29, 0.717) is 12.2 Å². The molecule has 0 fully saturated rings. The van der Waals surface area contributed by atoms with E-state index in [-0.39, 0.29) is 17.6 Å². The molecular weight excluding hydrogens is 287 g/mol. The molecule has 3 N–H and O–H groups in total. The van der Waals surface area contributed by atoms with Crippen LogP contribution in [0.15, 0.2) is 18.2 Å². The van der Waals surface area contributed by atoms with Crippen LogP contribution in [0.4, 0.5) is 20.6 Å². The lowest BCUT2D eigenvalue weighted by atomic mass is 10.2. The Labute approximate surface area is 130 Å². The fourth-order valence-corrected chi connectivity index (χ4v) is 1.93. The number of rotatable bonds is 7. The lowest BCUT2D eigenvalue weighted by Crippen LogP contribution is -2.36. The molecule has 122 valence electrons. The summed E-state index contributed by atoms with van der Waals surface area (Å²) in [5, 5.41) is 7.71. The molecular formula is C15H23FN4O2. The number of nitrogens with one attached hydrogen (secondary N) is 3. The third-order valence-electron chi connectivity index (χ3n) is 3.14. The van der Waals surface area contributed by atoms with Crippen molar-refractivity contribution in [2.45, 2.75) is 20.8 Å². The molecule has 7 heteroatoms. The molecule has 0 saturated heterocycles. The molecule has 0 unspecified atom stereocenters. The number of likely N-dealkylation sites (N-methyl/N-ethyl adjacent to an activating group) is 1. The summed E-state index contributed by atoms with van der Waals surface area (Å²) in [6.45, 7) is 8.56. The molecule has 0 aliphatic rings. The summed E-state index contributed by atoms with van der Waals surface area (Å²) in [6, 6.07) is 3.63. The first kappa shape index (κ1) is 17.9. The molecule has 1 rings (SSSR count). The van der Waals surface area contributed by atoms with Crippen molar-refractivity contribution in [1.82, 2.24) is 10.2 Å². The standard InChI is InChI=1S/C15H23FN4O2/c1-4-20(5-2)9-8-17-15(22)19-12-6-7-13(16)14(10-12)18-11(3)21/h6-7,10H,4-5,8-9H2,1-3H3,(H,18,21)(H2,17,19,22). The summed E-state index contributed by atoms with van der Waals surface area (Å²) in [7, 11) is 0. The Morgan fingerprint density at radius 2 is 1.86 bits per heavy atom. The number of carbonyl (C=O) groups is 2.